The van der Waals surface area contributed by atoms with E-state index in [4.69, 9.17) is 37.2 Å². The predicted molar refractivity (Wildman–Crippen MR) is 143 cm³/mol. The van der Waals surface area contributed by atoms with Crippen molar-refractivity contribution in [2.24, 2.45) is 0 Å². The molecule has 5 aromatic rings. The molecular weight excluding hydrogens is 527 g/mol. The number of fused-ring (bicyclic) bond motifs is 1. The van der Waals surface area contributed by atoms with E-state index in [9.17, 15) is 9.90 Å². The number of rotatable bonds is 8. The van der Waals surface area contributed by atoms with Gasteiger partial charge in [0.05, 0.1) is 21.2 Å². The lowest BCUT2D eigenvalue weighted by Crippen LogP contribution is -2.00. The van der Waals surface area contributed by atoms with Crippen LogP contribution in [-0.2, 0) is 6.61 Å². The van der Waals surface area contributed by atoms with E-state index in [1.54, 1.807) is 24.3 Å². The molecule has 0 radical (unpaired) electrons. The quantitative estimate of drug-likeness (QED) is 0.210. The van der Waals surface area contributed by atoms with Crippen molar-refractivity contribution in [2.45, 2.75) is 25.4 Å². The number of pyridine rings is 1. The molecule has 0 aliphatic heterocycles. The maximum absolute atomic E-state index is 11.2. The first-order valence-corrected chi connectivity index (χ1v) is 12.7. The van der Waals surface area contributed by atoms with Gasteiger partial charge >= 0.3 is 5.97 Å². The molecule has 1 aliphatic rings. The van der Waals surface area contributed by atoms with Crippen LogP contribution >= 0.6 is 23.2 Å². The largest absolute Gasteiger partial charge is 0.489 e. The number of carboxylic acids is 1. The Morgan fingerprint density at radius 3 is 2.39 bits per heavy atom. The van der Waals surface area contributed by atoms with Crippen molar-refractivity contribution in [1.29, 1.82) is 0 Å². The number of carboxylic acid groups (broad SMARTS) is 1. The topological polar surface area (TPSA) is 94.7 Å². The summed E-state index contributed by atoms with van der Waals surface area (Å²) in [4.78, 5) is 15.3. The fraction of sp³-hybridized carbons (Fsp3) is 0.138. The van der Waals surface area contributed by atoms with Crippen LogP contribution in [0.4, 0.5) is 0 Å². The zero-order valence-corrected chi connectivity index (χ0v) is 21.4. The van der Waals surface area contributed by atoms with Crippen LogP contribution in [0, 0.1) is 0 Å². The second-order valence-electron chi connectivity index (χ2n) is 8.99. The molecule has 38 heavy (non-hydrogen) atoms. The summed E-state index contributed by atoms with van der Waals surface area (Å²) >= 11 is 12.9. The van der Waals surface area contributed by atoms with Gasteiger partial charge in [0.1, 0.15) is 29.6 Å². The molecule has 0 saturated heterocycles. The number of halogens is 2. The summed E-state index contributed by atoms with van der Waals surface area (Å²) in [5.74, 6) is 1.54. The van der Waals surface area contributed by atoms with Gasteiger partial charge in [0.15, 0.2) is 0 Å². The van der Waals surface area contributed by atoms with E-state index in [0.717, 1.165) is 34.9 Å². The lowest BCUT2D eigenvalue weighted by atomic mass is 10.0. The monoisotopic (exact) mass is 546 g/mol. The van der Waals surface area contributed by atoms with Crippen LogP contribution < -0.4 is 9.47 Å². The Hall–Kier alpha value is -4.07. The molecule has 3 aromatic carbocycles. The van der Waals surface area contributed by atoms with Gasteiger partial charge in [-0.15, -0.1) is 0 Å². The van der Waals surface area contributed by atoms with Crippen LogP contribution in [0.5, 0.6) is 17.4 Å². The van der Waals surface area contributed by atoms with E-state index < -0.39 is 5.97 Å². The third-order valence-corrected chi connectivity index (χ3v) is 6.97. The summed E-state index contributed by atoms with van der Waals surface area (Å²) in [5, 5.41) is 16.4. The molecule has 0 bridgehead atoms. The highest BCUT2D eigenvalue weighted by molar-refractivity contribution is 6.39. The fourth-order valence-corrected chi connectivity index (χ4v) is 4.85. The second kappa shape index (κ2) is 10.0. The van der Waals surface area contributed by atoms with Crippen molar-refractivity contribution in [2.75, 3.05) is 0 Å². The summed E-state index contributed by atoms with van der Waals surface area (Å²) in [7, 11) is 0. The summed E-state index contributed by atoms with van der Waals surface area (Å²) in [6.07, 6.45) is 3.50. The van der Waals surface area contributed by atoms with Gasteiger partial charge in [-0.2, -0.15) is 0 Å². The van der Waals surface area contributed by atoms with Crippen molar-refractivity contribution >= 4 is 39.9 Å². The molecule has 2 heterocycles. The van der Waals surface area contributed by atoms with Crippen molar-refractivity contribution in [1.82, 2.24) is 10.1 Å². The molecule has 190 valence electrons. The first kappa shape index (κ1) is 24.3. The number of benzene rings is 3. The highest BCUT2D eigenvalue weighted by atomic mass is 35.5. The minimum atomic E-state index is -1.04. The third kappa shape index (κ3) is 4.90. The van der Waals surface area contributed by atoms with Gasteiger partial charge in [0.25, 0.3) is 0 Å². The fourth-order valence-electron chi connectivity index (χ4n) is 4.28. The average molecular weight is 547 g/mol. The van der Waals surface area contributed by atoms with Crippen molar-refractivity contribution in [3.63, 3.8) is 0 Å². The Labute approximate surface area is 227 Å². The van der Waals surface area contributed by atoms with Crippen LogP contribution in [0.1, 0.15) is 40.4 Å². The Bertz CT molecular complexity index is 1660. The zero-order valence-electron chi connectivity index (χ0n) is 19.9. The van der Waals surface area contributed by atoms with Crippen LogP contribution in [0.2, 0.25) is 10.0 Å². The van der Waals surface area contributed by atoms with Gasteiger partial charge in [-0.1, -0.05) is 46.6 Å². The maximum Gasteiger partial charge on any atom is 0.335 e. The minimum Gasteiger partial charge on any atom is -0.489 e. The van der Waals surface area contributed by atoms with Crippen LogP contribution in [0.25, 0.3) is 22.0 Å². The molecule has 1 fully saturated rings. The van der Waals surface area contributed by atoms with Crippen LogP contribution in [-0.4, -0.2) is 21.2 Å². The highest BCUT2D eigenvalue weighted by Gasteiger charge is 2.33. The Balaban J connectivity index is 1.23. The van der Waals surface area contributed by atoms with E-state index in [-0.39, 0.29) is 18.1 Å². The maximum atomic E-state index is 11.2. The molecule has 0 unspecified atom stereocenters. The summed E-state index contributed by atoms with van der Waals surface area (Å²) in [5.41, 5.74) is 2.20. The predicted octanol–water partition coefficient (Wildman–Crippen LogP) is 8.14. The first-order valence-electron chi connectivity index (χ1n) is 11.9. The Morgan fingerprint density at radius 2 is 1.68 bits per heavy atom. The smallest absolute Gasteiger partial charge is 0.335 e. The molecule has 0 spiro atoms. The number of hydrogen-bond donors (Lipinski definition) is 1. The van der Waals surface area contributed by atoms with E-state index in [2.05, 4.69) is 10.1 Å². The number of aromatic nitrogens is 2. The van der Waals surface area contributed by atoms with Crippen molar-refractivity contribution in [3.05, 3.63) is 99.9 Å². The van der Waals surface area contributed by atoms with Gasteiger partial charge in [-0.05, 0) is 66.1 Å². The van der Waals surface area contributed by atoms with Gasteiger partial charge < -0.3 is 19.1 Å². The van der Waals surface area contributed by atoms with E-state index >= 15 is 0 Å². The van der Waals surface area contributed by atoms with E-state index in [0.29, 0.717) is 38.7 Å². The standard InChI is InChI=1S/C29H20Cl2N2O5/c30-23-2-1-3-24(31)26(23)27-22(28(38-33-27)16-4-5-16)15-36-20-8-6-18-13-21(9-7-17(18)12-20)37-25-14-19(29(34)35)10-11-32-25/h1-3,6-14,16H,4-5,15H2,(H,34,35). The normalized spacial score (nSPS) is 13.0. The lowest BCUT2D eigenvalue weighted by molar-refractivity contribution is 0.0696. The molecule has 6 rings (SSSR count). The van der Waals surface area contributed by atoms with Gasteiger partial charge in [-0.25, -0.2) is 9.78 Å². The molecule has 0 amide bonds. The summed E-state index contributed by atoms with van der Waals surface area (Å²) in [6, 6.07) is 19.4. The Morgan fingerprint density at radius 1 is 0.974 bits per heavy atom. The van der Waals surface area contributed by atoms with E-state index in [1.165, 1.54) is 18.3 Å². The molecule has 2 aromatic heterocycles. The molecule has 1 aliphatic carbocycles. The minimum absolute atomic E-state index is 0.107. The average Bonchev–Trinajstić information content (AvgIpc) is 3.67. The Kier molecular flexibility index (Phi) is 6.39. The van der Waals surface area contributed by atoms with Crippen molar-refractivity contribution < 1.29 is 23.9 Å². The number of hydrogen-bond acceptors (Lipinski definition) is 6. The van der Waals surface area contributed by atoms with Gasteiger partial charge in [0, 0.05) is 23.7 Å². The third-order valence-electron chi connectivity index (χ3n) is 6.34. The second-order valence-corrected chi connectivity index (χ2v) is 9.81. The van der Waals surface area contributed by atoms with Crippen molar-refractivity contribution in [3.8, 4) is 28.6 Å². The number of nitrogens with zero attached hydrogens (tertiary/aromatic N) is 2. The number of carbonyl (C=O) groups is 1. The summed E-state index contributed by atoms with van der Waals surface area (Å²) < 4.78 is 17.7. The zero-order chi connectivity index (χ0) is 26.2. The SMILES string of the molecule is O=C(O)c1ccnc(Oc2ccc3cc(OCc4c(-c5c(Cl)cccc5Cl)noc4C4CC4)ccc3c2)c1. The molecule has 1 saturated carbocycles. The molecular formula is C29H20Cl2N2O5. The van der Waals surface area contributed by atoms with Crippen LogP contribution in [0.3, 0.4) is 0 Å². The number of aromatic carboxylic acids is 1. The summed E-state index contributed by atoms with van der Waals surface area (Å²) in [6.45, 7) is 0.254. The van der Waals surface area contributed by atoms with Gasteiger partial charge in [-0.3, -0.25) is 0 Å². The van der Waals surface area contributed by atoms with E-state index in [1.807, 2.05) is 30.3 Å². The molecule has 0 atom stereocenters. The molecule has 7 nitrogen and oxygen atoms in total. The number of ether oxygens (including phenoxy) is 2. The van der Waals surface area contributed by atoms with Crippen LogP contribution in [0.15, 0.2) is 77.4 Å². The highest BCUT2D eigenvalue weighted by Crippen LogP contribution is 2.46. The lowest BCUT2D eigenvalue weighted by Gasteiger charge is -2.11. The molecule has 9 heteroatoms. The molecule has 1 N–H and O–H groups in total. The first-order chi connectivity index (χ1) is 18.5. The van der Waals surface area contributed by atoms with Gasteiger partial charge in [0.2, 0.25) is 5.88 Å².